The van der Waals surface area contributed by atoms with Crippen molar-refractivity contribution in [2.75, 3.05) is 19.5 Å². The molecular formula is C23H23N3O4S. The van der Waals surface area contributed by atoms with Gasteiger partial charge in [-0.2, -0.15) is 0 Å². The summed E-state index contributed by atoms with van der Waals surface area (Å²) in [6.07, 6.45) is 0.122. The second-order valence-corrected chi connectivity index (χ2v) is 8.20. The second-order valence-electron chi connectivity index (χ2n) is 7.24. The Labute approximate surface area is 184 Å². The van der Waals surface area contributed by atoms with Crippen LogP contribution in [0.5, 0.6) is 11.5 Å². The van der Waals surface area contributed by atoms with E-state index in [1.165, 1.54) is 17.3 Å². The Morgan fingerprint density at radius 1 is 1.10 bits per heavy atom. The van der Waals surface area contributed by atoms with Crippen molar-refractivity contribution in [2.24, 2.45) is 0 Å². The number of aromatic nitrogens is 2. The molecule has 1 aliphatic heterocycles. The van der Waals surface area contributed by atoms with E-state index in [-0.39, 0.29) is 17.9 Å². The Kier molecular flexibility index (Phi) is 5.99. The van der Waals surface area contributed by atoms with E-state index in [0.717, 1.165) is 5.56 Å². The number of rotatable bonds is 6. The van der Waals surface area contributed by atoms with Crippen molar-refractivity contribution in [2.45, 2.75) is 30.2 Å². The quantitative estimate of drug-likeness (QED) is 0.449. The van der Waals surface area contributed by atoms with Crippen molar-refractivity contribution >= 4 is 23.5 Å². The van der Waals surface area contributed by atoms with Gasteiger partial charge in [-0.25, -0.2) is 4.98 Å². The van der Waals surface area contributed by atoms with Crippen LogP contribution in [-0.4, -0.2) is 30.1 Å². The highest BCUT2D eigenvalue weighted by Crippen LogP contribution is 2.42. The number of aromatic amines is 1. The van der Waals surface area contributed by atoms with E-state index in [2.05, 4.69) is 15.3 Å². The Balaban J connectivity index is 1.71. The summed E-state index contributed by atoms with van der Waals surface area (Å²) in [5.74, 6) is 1.32. The maximum absolute atomic E-state index is 13.1. The van der Waals surface area contributed by atoms with Crippen LogP contribution in [0.15, 0.2) is 52.4 Å². The number of nitrogens with one attached hydrogen (secondary N) is 2. The van der Waals surface area contributed by atoms with Crippen LogP contribution in [0.25, 0.3) is 0 Å². The molecule has 7 nitrogen and oxygen atoms in total. The van der Waals surface area contributed by atoms with E-state index < -0.39 is 5.92 Å². The van der Waals surface area contributed by atoms with Crippen LogP contribution < -0.4 is 20.3 Å². The van der Waals surface area contributed by atoms with Crippen molar-refractivity contribution in [3.05, 3.63) is 75.1 Å². The van der Waals surface area contributed by atoms with Gasteiger partial charge >= 0.3 is 0 Å². The molecule has 3 aromatic rings. The summed E-state index contributed by atoms with van der Waals surface area (Å²) < 4.78 is 10.9. The number of thioether (sulfide) groups is 1. The number of aryl methyl sites for hydroxylation is 1. The third-order valence-corrected chi connectivity index (χ3v) is 6.29. The zero-order valence-electron chi connectivity index (χ0n) is 17.5. The zero-order chi connectivity index (χ0) is 22.0. The normalized spacial score (nSPS) is 15.2. The average Bonchev–Trinajstić information content (AvgIpc) is 2.77. The number of methoxy groups -OCH3 is 2. The molecule has 2 heterocycles. The van der Waals surface area contributed by atoms with Gasteiger partial charge < -0.3 is 19.8 Å². The van der Waals surface area contributed by atoms with Gasteiger partial charge in [0.15, 0.2) is 16.7 Å². The molecule has 2 N–H and O–H groups in total. The van der Waals surface area contributed by atoms with Gasteiger partial charge in [-0.3, -0.25) is 9.59 Å². The third-order valence-electron chi connectivity index (χ3n) is 5.36. The lowest BCUT2D eigenvalue weighted by Gasteiger charge is -2.26. The largest absolute Gasteiger partial charge is 0.493 e. The van der Waals surface area contributed by atoms with E-state index in [1.54, 1.807) is 20.3 Å². The highest BCUT2D eigenvalue weighted by Gasteiger charge is 2.33. The number of carbonyl (C=O) groups is 1. The van der Waals surface area contributed by atoms with Crippen LogP contribution >= 0.6 is 11.8 Å². The smallest absolute Gasteiger partial charge is 0.257 e. The Morgan fingerprint density at radius 3 is 2.65 bits per heavy atom. The van der Waals surface area contributed by atoms with Crippen LogP contribution in [0.2, 0.25) is 0 Å². The summed E-state index contributed by atoms with van der Waals surface area (Å²) in [7, 11) is 3.09. The predicted octanol–water partition coefficient (Wildman–Crippen LogP) is 3.86. The fourth-order valence-corrected chi connectivity index (χ4v) is 4.73. The number of fused-ring (bicyclic) bond motifs is 1. The molecule has 4 rings (SSSR count). The monoisotopic (exact) mass is 437 g/mol. The first-order valence-corrected chi connectivity index (χ1v) is 10.8. The second kappa shape index (κ2) is 8.85. The summed E-state index contributed by atoms with van der Waals surface area (Å²) >= 11 is 1.42. The van der Waals surface area contributed by atoms with Crippen molar-refractivity contribution in [1.82, 2.24) is 9.97 Å². The summed E-state index contributed by atoms with van der Waals surface area (Å²) in [5.41, 5.74) is 3.20. The van der Waals surface area contributed by atoms with Crippen molar-refractivity contribution in [1.29, 1.82) is 0 Å². The first-order valence-electron chi connectivity index (χ1n) is 9.84. The average molecular weight is 438 g/mol. The maximum atomic E-state index is 13.1. The first-order chi connectivity index (χ1) is 15.0. The molecule has 1 amide bonds. The summed E-state index contributed by atoms with van der Waals surface area (Å²) in [6, 6.07) is 13.5. The molecule has 1 aromatic heterocycles. The standard InChI is InChI=1S/C23H23N3O4S/c1-13-7-4-5-8-14(13)12-31-23-25-21-19(22(28)26-23)16(11-18(27)24-21)15-9-6-10-17(29-2)20(15)30-3/h4-10,16H,11-12H2,1-3H3,(H2,24,25,26,27,28)/t16-/m0/s1. The number of carbonyl (C=O) groups excluding carboxylic acids is 1. The summed E-state index contributed by atoms with van der Waals surface area (Å²) in [6.45, 7) is 2.05. The lowest BCUT2D eigenvalue weighted by atomic mass is 9.86. The highest BCUT2D eigenvalue weighted by molar-refractivity contribution is 7.98. The number of hydrogen-bond acceptors (Lipinski definition) is 6. The van der Waals surface area contributed by atoms with Crippen LogP contribution in [-0.2, 0) is 10.5 Å². The molecule has 160 valence electrons. The van der Waals surface area contributed by atoms with Gasteiger partial charge in [-0.05, 0) is 24.1 Å². The Hall–Kier alpha value is -3.26. The lowest BCUT2D eigenvalue weighted by molar-refractivity contribution is -0.116. The molecule has 0 aliphatic carbocycles. The van der Waals surface area contributed by atoms with Crippen molar-refractivity contribution in [3.63, 3.8) is 0 Å². The third kappa shape index (κ3) is 4.16. The molecule has 0 fully saturated rings. The molecular weight excluding hydrogens is 414 g/mol. The lowest BCUT2D eigenvalue weighted by Crippen LogP contribution is -2.31. The molecule has 8 heteroatoms. The van der Waals surface area contributed by atoms with Gasteiger partial charge in [-0.1, -0.05) is 48.2 Å². The highest BCUT2D eigenvalue weighted by atomic mass is 32.2. The van der Waals surface area contributed by atoms with Crippen LogP contribution in [0.4, 0.5) is 5.82 Å². The first kappa shape index (κ1) is 21.0. The van der Waals surface area contributed by atoms with E-state index in [0.29, 0.717) is 39.4 Å². The summed E-state index contributed by atoms with van der Waals surface area (Å²) in [5, 5.41) is 3.22. The molecule has 1 aliphatic rings. The number of nitrogens with zero attached hydrogens (tertiary/aromatic N) is 1. The Bertz CT molecular complexity index is 1190. The van der Waals surface area contributed by atoms with Crippen LogP contribution in [0.3, 0.4) is 0 Å². The Morgan fingerprint density at radius 2 is 1.90 bits per heavy atom. The van der Waals surface area contributed by atoms with Crippen LogP contribution in [0, 0.1) is 6.92 Å². The van der Waals surface area contributed by atoms with E-state index >= 15 is 0 Å². The molecule has 31 heavy (non-hydrogen) atoms. The maximum Gasteiger partial charge on any atom is 0.257 e. The SMILES string of the molecule is COc1cccc([C@@H]2CC(=O)Nc3nc(SCc4ccccc4C)[nH]c(=O)c32)c1OC. The van der Waals surface area contributed by atoms with Gasteiger partial charge in [0, 0.05) is 23.7 Å². The topological polar surface area (TPSA) is 93.3 Å². The predicted molar refractivity (Wildman–Crippen MR) is 120 cm³/mol. The van der Waals surface area contributed by atoms with Gasteiger partial charge in [-0.15, -0.1) is 0 Å². The number of amides is 1. The van der Waals surface area contributed by atoms with E-state index in [9.17, 15) is 9.59 Å². The fraction of sp³-hybridized carbons (Fsp3) is 0.261. The van der Waals surface area contributed by atoms with Gasteiger partial charge in [0.25, 0.3) is 5.56 Å². The minimum Gasteiger partial charge on any atom is -0.493 e. The van der Waals surface area contributed by atoms with Crippen molar-refractivity contribution in [3.8, 4) is 11.5 Å². The minimum absolute atomic E-state index is 0.122. The molecule has 0 unspecified atom stereocenters. The van der Waals surface area contributed by atoms with Gasteiger partial charge in [0.05, 0.1) is 19.8 Å². The molecule has 0 radical (unpaired) electrons. The van der Waals surface area contributed by atoms with E-state index in [1.807, 2.05) is 43.3 Å². The van der Waals surface area contributed by atoms with E-state index in [4.69, 9.17) is 9.47 Å². The number of para-hydroxylation sites is 1. The minimum atomic E-state index is -0.486. The number of anilines is 1. The molecule has 2 aromatic carbocycles. The van der Waals surface area contributed by atoms with Gasteiger partial charge in [0.1, 0.15) is 5.82 Å². The number of benzene rings is 2. The number of hydrogen-bond donors (Lipinski definition) is 2. The van der Waals surface area contributed by atoms with Crippen molar-refractivity contribution < 1.29 is 14.3 Å². The molecule has 0 saturated heterocycles. The fourth-order valence-electron chi connectivity index (χ4n) is 3.79. The van der Waals surface area contributed by atoms with Gasteiger partial charge in [0.2, 0.25) is 5.91 Å². The molecule has 0 saturated carbocycles. The molecule has 0 bridgehead atoms. The van der Waals surface area contributed by atoms with Crippen LogP contribution in [0.1, 0.15) is 34.6 Å². The molecule has 1 atom stereocenters. The molecule has 0 spiro atoms. The number of ether oxygens (including phenoxy) is 2. The number of H-pyrrole nitrogens is 1. The zero-order valence-corrected chi connectivity index (χ0v) is 18.3. The summed E-state index contributed by atoms with van der Waals surface area (Å²) in [4.78, 5) is 33.0.